The van der Waals surface area contributed by atoms with Crippen molar-refractivity contribution in [3.8, 4) is 5.69 Å². The second-order valence-electron chi connectivity index (χ2n) is 8.60. The third kappa shape index (κ3) is 4.17. The fraction of sp³-hybridized carbons (Fsp3) is 0.240. The van der Waals surface area contributed by atoms with Crippen molar-refractivity contribution in [2.45, 2.75) is 6.42 Å². The van der Waals surface area contributed by atoms with E-state index in [9.17, 15) is 14.0 Å². The molecule has 4 aromatic rings. The van der Waals surface area contributed by atoms with E-state index in [4.69, 9.17) is 5.73 Å². The van der Waals surface area contributed by atoms with Crippen molar-refractivity contribution >= 4 is 39.3 Å². The van der Waals surface area contributed by atoms with E-state index in [2.05, 4.69) is 15.3 Å². The van der Waals surface area contributed by atoms with Gasteiger partial charge in [0.25, 0.3) is 0 Å². The van der Waals surface area contributed by atoms with Crippen LogP contribution in [0.5, 0.6) is 0 Å². The van der Waals surface area contributed by atoms with Crippen LogP contribution in [-0.4, -0.2) is 64.7 Å². The molecule has 3 aromatic carbocycles. The summed E-state index contributed by atoms with van der Waals surface area (Å²) in [6, 6.07) is 15.4. The molecule has 8 nitrogen and oxygen atoms in total. The molecule has 1 saturated heterocycles. The van der Waals surface area contributed by atoms with Crippen LogP contribution < -0.4 is 11.1 Å². The van der Waals surface area contributed by atoms with Crippen molar-refractivity contribution in [1.82, 2.24) is 19.6 Å². The molecule has 1 aliphatic rings. The Morgan fingerprint density at radius 2 is 1.71 bits per heavy atom. The molecule has 174 valence electrons. The van der Waals surface area contributed by atoms with Gasteiger partial charge in [0.15, 0.2) is 0 Å². The number of piperazine rings is 1. The van der Waals surface area contributed by atoms with E-state index in [1.165, 1.54) is 12.1 Å². The number of nitrogens with one attached hydrogen (secondary N) is 1. The largest absolute Gasteiger partial charge is 0.369 e. The van der Waals surface area contributed by atoms with Gasteiger partial charge in [0.05, 0.1) is 23.3 Å². The first kappa shape index (κ1) is 21.8. The Hall–Kier alpha value is -3.98. The fourth-order valence-electron chi connectivity index (χ4n) is 4.34. The lowest BCUT2D eigenvalue weighted by Gasteiger charge is -2.32. The molecule has 2 heterocycles. The summed E-state index contributed by atoms with van der Waals surface area (Å²) in [6.07, 6.45) is -0.0178. The molecule has 1 aromatic heterocycles. The molecule has 0 spiro atoms. The zero-order chi connectivity index (χ0) is 23.8. The van der Waals surface area contributed by atoms with Crippen molar-refractivity contribution in [3.05, 3.63) is 66.1 Å². The molecule has 5 rings (SSSR count). The molecular formula is C25H25FN6O2. The molecule has 34 heavy (non-hydrogen) atoms. The standard InChI is InChI=1S/C25H25FN6O2/c1-30-10-12-31(13-11-30)25(34)28-18-6-2-16-3-9-20-22(15-23(27)33)29-32(24(20)21(16)14-18)19-7-4-17(26)5-8-19/h2-9,14H,10-13,15H2,1H3,(H2,27,33)(H,28,34). The summed E-state index contributed by atoms with van der Waals surface area (Å²) in [4.78, 5) is 28.5. The smallest absolute Gasteiger partial charge is 0.321 e. The van der Waals surface area contributed by atoms with E-state index in [1.54, 1.807) is 21.7 Å². The fourth-order valence-corrected chi connectivity index (χ4v) is 4.34. The molecule has 0 unspecified atom stereocenters. The van der Waals surface area contributed by atoms with Crippen LogP contribution in [0.3, 0.4) is 0 Å². The summed E-state index contributed by atoms with van der Waals surface area (Å²) in [5.41, 5.74) is 8.08. The number of hydrogen-bond donors (Lipinski definition) is 2. The number of urea groups is 1. The molecule has 0 saturated carbocycles. The summed E-state index contributed by atoms with van der Waals surface area (Å²) >= 11 is 0. The number of nitrogens with two attached hydrogens (primary N) is 1. The third-order valence-corrected chi connectivity index (χ3v) is 6.19. The molecule has 3 amide bonds. The minimum Gasteiger partial charge on any atom is -0.369 e. The summed E-state index contributed by atoms with van der Waals surface area (Å²) in [6.45, 7) is 3.03. The van der Waals surface area contributed by atoms with Gasteiger partial charge in [-0.2, -0.15) is 5.10 Å². The summed E-state index contributed by atoms with van der Waals surface area (Å²) in [5, 5.41) is 10.2. The van der Waals surface area contributed by atoms with Crippen molar-refractivity contribution in [3.63, 3.8) is 0 Å². The minimum absolute atomic E-state index is 0.0178. The Morgan fingerprint density at radius 1 is 1.00 bits per heavy atom. The predicted molar refractivity (Wildman–Crippen MR) is 130 cm³/mol. The van der Waals surface area contributed by atoms with Gasteiger partial charge < -0.3 is 20.9 Å². The van der Waals surface area contributed by atoms with Gasteiger partial charge in [-0.1, -0.05) is 18.2 Å². The maximum atomic E-state index is 13.6. The van der Waals surface area contributed by atoms with E-state index in [0.29, 0.717) is 30.2 Å². The average molecular weight is 461 g/mol. The number of primary amides is 1. The van der Waals surface area contributed by atoms with E-state index in [-0.39, 0.29) is 18.3 Å². The number of anilines is 1. The van der Waals surface area contributed by atoms with E-state index in [1.807, 2.05) is 37.4 Å². The quantitative estimate of drug-likeness (QED) is 0.489. The molecule has 0 radical (unpaired) electrons. The van der Waals surface area contributed by atoms with Gasteiger partial charge in [-0.3, -0.25) is 4.79 Å². The Kier molecular flexibility index (Phi) is 5.62. The number of amides is 3. The van der Waals surface area contributed by atoms with Crippen LogP contribution >= 0.6 is 0 Å². The van der Waals surface area contributed by atoms with Crippen LogP contribution in [0.1, 0.15) is 5.69 Å². The monoisotopic (exact) mass is 460 g/mol. The summed E-state index contributed by atoms with van der Waals surface area (Å²) in [7, 11) is 2.04. The Bertz CT molecular complexity index is 1390. The van der Waals surface area contributed by atoms with Crippen LogP contribution in [0.4, 0.5) is 14.9 Å². The van der Waals surface area contributed by atoms with Gasteiger partial charge in [0.2, 0.25) is 5.91 Å². The number of hydrogen-bond acceptors (Lipinski definition) is 4. The number of likely N-dealkylation sites (N-methyl/N-ethyl adjacent to an activating group) is 1. The van der Waals surface area contributed by atoms with Gasteiger partial charge in [0, 0.05) is 42.6 Å². The number of benzene rings is 3. The number of halogens is 1. The number of rotatable bonds is 4. The zero-order valence-electron chi connectivity index (χ0n) is 18.8. The van der Waals surface area contributed by atoms with Crippen molar-refractivity contribution in [2.24, 2.45) is 5.73 Å². The van der Waals surface area contributed by atoms with Crippen molar-refractivity contribution in [2.75, 3.05) is 38.5 Å². The molecule has 0 bridgehead atoms. The number of carbonyl (C=O) groups is 2. The maximum Gasteiger partial charge on any atom is 0.321 e. The van der Waals surface area contributed by atoms with Gasteiger partial charge in [0.1, 0.15) is 5.82 Å². The number of aromatic nitrogens is 2. The third-order valence-electron chi connectivity index (χ3n) is 6.19. The summed E-state index contributed by atoms with van der Waals surface area (Å²) < 4.78 is 15.3. The molecular weight excluding hydrogens is 435 g/mol. The molecule has 9 heteroatoms. The first-order valence-electron chi connectivity index (χ1n) is 11.1. The highest BCUT2D eigenvalue weighted by Crippen LogP contribution is 2.32. The van der Waals surface area contributed by atoms with Crippen LogP contribution in [0.2, 0.25) is 0 Å². The average Bonchev–Trinajstić information content (AvgIpc) is 3.18. The van der Waals surface area contributed by atoms with Gasteiger partial charge in [-0.25, -0.2) is 13.9 Å². The topological polar surface area (TPSA) is 96.5 Å². The normalized spacial score (nSPS) is 14.6. The van der Waals surface area contributed by atoms with Crippen LogP contribution in [0.15, 0.2) is 54.6 Å². The maximum absolute atomic E-state index is 13.6. The van der Waals surface area contributed by atoms with Crippen LogP contribution in [-0.2, 0) is 11.2 Å². The number of carbonyl (C=O) groups excluding carboxylic acids is 2. The first-order chi connectivity index (χ1) is 16.4. The van der Waals surface area contributed by atoms with E-state index < -0.39 is 5.91 Å². The molecule has 1 aliphatic heterocycles. The molecule has 0 aliphatic carbocycles. The lowest BCUT2D eigenvalue weighted by molar-refractivity contribution is -0.117. The second kappa shape index (κ2) is 8.75. The Balaban J connectivity index is 1.60. The lowest BCUT2D eigenvalue weighted by Crippen LogP contribution is -2.48. The van der Waals surface area contributed by atoms with E-state index in [0.717, 1.165) is 34.8 Å². The first-order valence-corrected chi connectivity index (χ1v) is 11.1. The van der Waals surface area contributed by atoms with E-state index >= 15 is 0 Å². The van der Waals surface area contributed by atoms with Gasteiger partial charge >= 0.3 is 6.03 Å². The minimum atomic E-state index is -0.487. The zero-order valence-corrected chi connectivity index (χ0v) is 18.8. The van der Waals surface area contributed by atoms with Crippen LogP contribution in [0, 0.1) is 5.82 Å². The second-order valence-corrected chi connectivity index (χ2v) is 8.60. The summed E-state index contributed by atoms with van der Waals surface area (Å²) in [5.74, 6) is -0.838. The highest BCUT2D eigenvalue weighted by Gasteiger charge is 2.20. The predicted octanol–water partition coefficient (Wildman–Crippen LogP) is 3.12. The molecule has 1 fully saturated rings. The Labute approximate surface area is 195 Å². The molecule has 3 N–H and O–H groups in total. The van der Waals surface area contributed by atoms with Crippen molar-refractivity contribution < 1.29 is 14.0 Å². The highest BCUT2D eigenvalue weighted by atomic mass is 19.1. The number of fused-ring (bicyclic) bond motifs is 3. The van der Waals surface area contributed by atoms with Crippen molar-refractivity contribution in [1.29, 1.82) is 0 Å². The van der Waals surface area contributed by atoms with Crippen LogP contribution in [0.25, 0.3) is 27.4 Å². The Morgan fingerprint density at radius 3 is 2.41 bits per heavy atom. The molecule has 0 atom stereocenters. The SMILES string of the molecule is CN1CCN(C(=O)Nc2ccc3ccc4c(CC(N)=O)nn(-c5ccc(F)cc5)c4c3c2)CC1. The highest BCUT2D eigenvalue weighted by molar-refractivity contribution is 6.09. The lowest BCUT2D eigenvalue weighted by atomic mass is 10.0. The number of nitrogens with zero attached hydrogens (tertiary/aromatic N) is 4. The van der Waals surface area contributed by atoms with Gasteiger partial charge in [-0.15, -0.1) is 0 Å². The van der Waals surface area contributed by atoms with Gasteiger partial charge in [-0.05, 0) is 48.8 Å².